The lowest BCUT2D eigenvalue weighted by Crippen LogP contribution is -2.35. The molecule has 0 amide bonds. The molecule has 0 saturated heterocycles. The molecule has 0 fully saturated rings. The Hall–Kier alpha value is -0.250. The number of anilines is 1. The zero-order valence-corrected chi connectivity index (χ0v) is 11.9. The summed E-state index contributed by atoms with van der Waals surface area (Å²) in [6.45, 7) is 4.50. The average molecular weight is 307 g/mol. The lowest BCUT2D eigenvalue weighted by Gasteiger charge is -2.26. The van der Waals surface area contributed by atoms with Crippen LogP contribution in [0.3, 0.4) is 0 Å². The minimum absolute atomic E-state index is 0.527. The number of halogens is 2. The van der Waals surface area contributed by atoms with E-state index < -0.39 is 5.60 Å². The van der Waals surface area contributed by atoms with Crippen molar-refractivity contribution in [2.24, 2.45) is 0 Å². The van der Waals surface area contributed by atoms with Crippen LogP contribution in [0, 0.1) is 0 Å². The van der Waals surface area contributed by atoms with Crippen molar-refractivity contribution in [3.63, 3.8) is 0 Å². The molecule has 0 aromatic heterocycles. The summed E-state index contributed by atoms with van der Waals surface area (Å²) < 4.78 is 0.839. The molecule has 0 atom stereocenters. The number of hydrogen-bond acceptors (Lipinski definition) is 2. The Morgan fingerprint density at radius 1 is 1.38 bits per heavy atom. The summed E-state index contributed by atoms with van der Waals surface area (Å²) in [6, 6.07) is 5.64. The van der Waals surface area contributed by atoms with Crippen molar-refractivity contribution in [2.45, 2.75) is 32.3 Å². The van der Waals surface area contributed by atoms with E-state index in [4.69, 9.17) is 11.6 Å². The van der Waals surface area contributed by atoms with E-state index in [1.807, 2.05) is 32.0 Å². The summed E-state index contributed by atoms with van der Waals surface area (Å²) in [6.07, 6.45) is 1.46. The van der Waals surface area contributed by atoms with Gasteiger partial charge in [-0.05, 0) is 40.9 Å². The van der Waals surface area contributed by atoms with Crippen molar-refractivity contribution in [3.8, 4) is 0 Å². The van der Waals surface area contributed by atoms with Crippen LogP contribution in [0.5, 0.6) is 0 Å². The molecule has 16 heavy (non-hydrogen) atoms. The molecular weight excluding hydrogens is 289 g/mol. The Morgan fingerprint density at radius 3 is 2.56 bits per heavy atom. The van der Waals surface area contributed by atoms with Gasteiger partial charge in [-0.25, -0.2) is 0 Å². The average Bonchev–Trinajstić information content (AvgIpc) is 2.31. The molecule has 1 aromatic rings. The summed E-state index contributed by atoms with van der Waals surface area (Å²) in [5, 5.41) is 14.0. The first-order valence-corrected chi connectivity index (χ1v) is 6.59. The van der Waals surface area contributed by atoms with E-state index in [-0.39, 0.29) is 0 Å². The molecule has 0 saturated carbocycles. The van der Waals surface area contributed by atoms with E-state index in [2.05, 4.69) is 21.2 Å². The summed E-state index contributed by atoms with van der Waals surface area (Å²) >= 11 is 9.40. The molecule has 90 valence electrons. The smallest absolute Gasteiger partial charge is 0.0814 e. The molecule has 0 unspecified atom stereocenters. The van der Waals surface area contributed by atoms with E-state index >= 15 is 0 Å². The second-order valence-electron chi connectivity index (χ2n) is 3.89. The number of aliphatic hydroxyl groups is 1. The monoisotopic (exact) mass is 305 g/mol. The van der Waals surface area contributed by atoms with Gasteiger partial charge in [0, 0.05) is 6.54 Å². The van der Waals surface area contributed by atoms with E-state index in [1.165, 1.54) is 0 Å². The zero-order valence-electron chi connectivity index (χ0n) is 9.56. The molecule has 0 heterocycles. The Morgan fingerprint density at radius 2 is 2.00 bits per heavy atom. The minimum atomic E-state index is -0.651. The maximum atomic E-state index is 10.1. The highest BCUT2D eigenvalue weighted by Crippen LogP contribution is 2.30. The van der Waals surface area contributed by atoms with Gasteiger partial charge in [0.05, 0.1) is 20.8 Å². The molecule has 0 spiro atoms. The van der Waals surface area contributed by atoms with Crippen LogP contribution in [-0.4, -0.2) is 17.3 Å². The van der Waals surface area contributed by atoms with Crippen LogP contribution >= 0.6 is 27.5 Å². The van der Waals surface area contributed by atoms with Gasteiger partial charge in [-0.1, -0.05) is 31.5 Å². The van der Waals surface area contributed by atoms with Crippen LogP contribution in [0.1, 0.15) is 26.7 Å². The Bertz CT molecular complexity index is 353. The van der Waals surface area contributed by atoms with Gasteiger partial charge in [-0.2, -0.15) is 0 Å². The van der Waals surface area contributed by atoms with E-state index in [0.717, 1.165) is 23.0 Å². The predicted molar refractivity (Wildman–Crippen MR) is 73.2 cm³/mol. The maximum absolute atomic E-state index is 10.1. The van der Waals surface area contributed by atoms with E-state index in [0.29, 0.717) is 11.6 Å². The van der Waals surface area contributed by atoms with Crippen molar-refractivity contribution in [1.82, 2.24) is 0 Å². The number of benzene rings is 1. The number of nitrogens with one attached hydrogen (secondary N) is 1. The van der Waals surface area contributed by atoms with Gasteiger partial charge < -0.3 is 10.4 Å². The van der Waals surface area contributed by atoms with E-state index in [9.17, 15) is 5.11 Å². The highest BCUT2D eigenvalue weighted by atomic mass is 79.9. The third kappa shape index (κ3) is 3.37. The van der Waals surface area contributed by atoms with Crippen molar-refractivity contribution in [2.75, 3.05) is 11.9 Å². The molecule has 0 bridgehead atoms. The second kappa shape index (κ2) is 5.89. The summed E-state index contributed by atoms with van der Waals surface area (Å²) in [7, 11) is 0. The van der Waals surface area contributed by atoms with Crippen molar-refractivity contribution >= 4 is 33.2 Å². The maximum Gasteiger partial charge on any atom is 0.0814 e. The van der Waals surface area contributed by atoms with Gasteiger partial charge in [0.1, 0.15) is 0 Å². The van der Waals surface area contributed by atoms with Crippen LogP contribution < -0.4 is 5.32 Å². The quantitative estimate of drug-likeness (QED) is 0.859. The number of rotatable bonds is 5. The molecule has 2 nitrogen and oxygen atoms in total. The molecule has 2 N–H and O–H groups in total. The summed E-state index contributed by atoms with van der Waals surface area (Å²) in [5.41, 5.74) is 0.259. The van der Waals surface area contributed by atoms with Crippen molar-refractivity contribution < 1.29 is 5.11 Å². The molecule has 1 aromatic carbocycles. The van der Waals surface area contributed by atoms with Crippen LogP contribution in [0.15, 0.2) is 22.7 Å². The van der Waals surface area contributed by atoms with Gasteiger partial charge in [0.15, 0.2) is 0 Å². The van der Waals surface area contributed by atoms with Gasteiger partial charge in [-0.3, -0.25) is 0 Å². The fourth-order valence-corrected chi connectivity index (χ4v) is 1.98. The Kier molecular flexibility index (Phi) is 5.09. The topological polar surface area (TPSA) is 32.3 Å². The lowest BCUT2D eigenvalue weighted by atomic mass is 9.97. The fourth-order valence-electron chi connectivity index (χ4n) is 1.40. The van der Waals surface area contributed by atoms with Crippen LogP contribution in [-0.2, 0) is 0 Å². The second-order valence-corrected chi connectivity index (χ2v) is 5.09. The van der Waals surface area contributed by atoms with Crippen molar-refractivity contribution in [3.05, 3.63) is 27.7 Å². The van der Waals surface area contributed by atoms with Crippen LogP contribution in [0.2, 0.25) is 5.02 Å². The van der Waals surface area contributed by atoms with E-state index in [1.54, 1.807) is 0 Å². The molecule has 4 heteroatoms. The Labute approximate surface area is 110 Å². The summed E-state index contributed by atoms with van der Waals surface area (Å²) in [4.78, 5) is 0. The standard InChI is InChI=1S/C12H17BrClNO/c1-3-12(16,4-2)8-15-10-7-5-6-9(14)11(10)13/h5-7,15-16H,3-4,8H2,1-2H3. The first kappa shape index (κ1) is 13.8. The highest BCUT2D eigenvalue weighted by molar-refractivity contribution is 9.10. The Balaban J connectivity index is 2.71. The molecule has 0 aliphatic carbocycles. The van der Waals surface area contributed by atoms with Gasteiger partial charge in [0.25, 0.3) is 0 Å². The molecular formula is C12H17BrClNO. The normalized spacial score (nSPS) is 11.6. The SMILES string of the molecule is CCC(O)(CC)CNc1cccc(Cl)c1Br. The first-order chi connectivity index (χ1) is 7.52. The lowest BCUT2D eigenvalue weighted by molar-refractivity contribution is 0.0457. The third-order valence-electron chi connectivity index (χ3n) is 2.88. The molecule has 0 radical (unpaired) electrons. The fraction of sp³-hybridized carbons (Fsp3) is 0.500. The minimum Gasteiger partial charge on any atom is -0.388 e. The van der Waals surface area contributed by atoms with Gasteiger partial charge >= 0.3 is 0 Å². The molecule has 0 aliphatic heterocycles. The van der Waals surface area contributed by atoms with Crippen LogP contribution in [0.4, 0.5) is 5.69 Å². The largest absolute Gasteiger partial charge is 0.388 e. The number of hydrogen-bond donors (Lipinski definition) is 2. The molecule has 1 rings (SSSR count). The first-order valence-electron chi connectivity index (χ1n) is 5.42. The van der Waals surface area contributed by atoms with Crippen molar-refractivity contribution in [1.29, 1.82) is 0 Å². The third-order valence-corrected chi connectivity index (χ3v) is 4.27. The predicted octanol–water partition coefficient (Wildman–Crippen LogP) is 4.07. The zero-order chi connectivity index (χ0) is 12.2. The highest BCUT2D eigenvalue weighted by Gasteiger charge is 2.21. The van der Waals surface area contributed by atoms with Gasteiger partial charge in [0.2, 0.25) is 0 Å². The van der Waals surface area contributed by atoms with Crippen LogP contribution in [0.25, 0.3) is 0 Å². The molecule has 0 aliphatic rings. The van der Waals surface area contributed by atoms with Gasteiger partial charge in [-0.15, -0.1) is 0 Å². The summed E-state index contributed by atoms with van der Waals surface area (Å²) in [5.74, 6) is 0.